The number of aromatic nitrogens is 1. The Morgan fingerprint density at radius 2 is 1.68 bits per heavy atom. The van der Waals surface area contributed by atoms with Crippen LogP contribution in [-0.2, 0) is 13.1 Å². The van der Waals surface area contributed by atoms with Crippen molar-refractivity contribution in [3.8, 4) is 11.3 Å². The number of nitro benzene ring substituents is 1. The van der Waals surface area contributed by atoms with Gasteiger partial charge in [-0.25, -0.2) is 4.98 Å². The predicted octanol–water partition coefficient (Wildman–Crippen LogP) is 2.60. The first-order valence-electron chi connectivity index (χ1n) is 14.0. The highest BCUT2D eigenvalue weighted by atomic mass is 32.1. The van der Waals surface area contributed by atoms with Gasteiger partial charge in [0.15, 0.2) is 5.96 Å². The third-order valence-corrected chi connectivity index (χ3v) is 7.40. The average Bonchev–Trinajstić information content (AvgIpc) is 3.42. The van der Waals surface area contributed by atoms with Gasteiger partial charge in [-0.05, 0) is 62.3 Å². The van der Waals surface area contributed by atoms with Crippen LogP contribution in [-0.4, -0.2) is 73.1 Å². The Labute approximate surface area is 244 Å². The highest BCUT2D eigenvalue weighted by Crippen LogP contribution is 2.28. The molecule has 0 spiro atoms. The van der Waals surface area contributed by atoms with Crippen molar-refractivity contribution in [2.24, 2.45) is 16.5 Å². The molecule has 1 fully saturated rings. The number of aliphatic imine (C=N–C) groups is 1. The van der Waals surface area contributed by atoms with Gasteiger partial charge in [-0.15, -0.1) is 11.3 Å². The van der Waals surface area contributed by atoms with E-state index in [1.807, 2.05) is 29.6 Å². The second-order valence-electron chi connectivity index (χ2n) is 9.98. The van der Waals surface area contributed by atoms with E-state index in [0.29, 0.717) is 18.2 Å². The second kappa shape index (κ2) is 16.0. The monoisotopic (exact) mass is 580 g/mol. The number of nitro groups is 1. The van der Waals surface area contributed by atoms with E-state index in [0.717, 1.165) is 93.3 Å². The number of nitrogens with one attached hydrogen (secondary N) is 4. The number of hydrogen-bond acceptors (Lipinski definition) is 10. The molecule has 8 N–H and O–H groups in total. The van der Waals surface area contributed by atoms with Crippen molar-refractivity contribution in [1.82, 2.24) is 25.8 Å². The van der Waals surface area contributed by atoms with Gasteiger partial charge in [-0.2, -0.15) is 4.99 Å². The van der Waals surface area contributed by atoms with Crippen molar-refractivity contribution in [2.45, 2.75) is 25.9 Å². The maximum absolute atomic E-state index is 11.7. The molecule has 1 aliphatic heterocycles. The van der Waals surface area contributed by atoms with Crippen molar-refractivity contribution in [3.05, 3.63) is 69.1 Å². The summed E-state index contributed by atoms with van der Waals surface area (Å²) in [5, 5.41) is 28.0. The van der Waals surface area contributed by atoms with Crippen molar-refractivity contribution in [2.75, 3.05) is 57.7 Å². The van der Waals surface area contributed by atoms with Crippen LogP contribution in [0.3, 0.4) is 0 Å². The van der Waals surface area contributed by atoms with Gasteiger partial charge in [0.1, 0.15) is 0 Å². The minimum atomic E-state index is -0.311. The molecule has 2 aromatic carbocycles. The van der Waals surface area contributed by atoms with Crippen molar-refractivity contribution < 1.29 is 4.92 Å². The molecule has 0 atom stereocenters. The summed E-state index contributed by atoms with van der Waals surface area (Å²) < 4.78 is 0. The van der Waals surface area contributed by atoms with Crippen LogP contribution < -0.4 is 32.7 Å². The Hall–Kier alpha value is -3.62. The standard InChI is InChI=1S/C28H40N10O2S/c29-27(30)36-28-35-26(20-41-28)23-3-5-24(6-4-23)34-18-21-15-22(17-25(16-21)38(39)40)19-37-13-2-9-32-11-10-31-7-1-8-33-12-14-37/h3-6,15-17,20,31-34H,1-2,7-14,18-19H2,(H4,29,30,35,36). The number of guanidine groups is 1. The lowest BCUT2D eigenvalue weighted by Crippen LogP contribution is -2.36. The minimum absolute atomic E-state index is 0.0220. The Bertz CT molecular complexity index is 1260. The first-order chi connectivity index (χ1) is 20.0. The summed E-state index contributed by atoms with van der Waals surface area (Å²) in [6.07, 6.45) is 2.12. The molecule has 12 nitrogen and oxygen atoms in total. The second-order valence-corrected chi connectivity index (χ2v) is 10.8. The molecule has 41 heavy (non-hydrogen) atoms. The smallest absolute Gasteiger partial charge is 0.270 e. The van der Waals surface area contributed by atoms with Crippen LogP contribution in [0.25, 0.3) is 11.3 Å². The molecular formula is C28H40N10O2S. The molecule has 0 unspecified atom stereocenters. The third-order valence-electron chi connectivity index (χ3n) is 6.67. The van der Waals surface area contributed by atoms with Gasteiger partial charge in [-0.1, -0.05) is 18.2 Å². The summed E-state index contributed by atoms with van der Waals surface area (Å²) in [5.74, 6) is -0.0220. The normalized spacial score (nSPS) is 16.0. The molecule has 4 rings (SSSR count). The fourth-order valence-electron chi connectivity index (χ4n) is 4.65. The molecule has 0 bridgehead atoms. The van der Waals surface area contributed by atoms with E-state index in [-0.39, 0.29) is 16.6 Å². The van der Waals surface area contributed by atoms with E-state index in [4.69, 9.17) is 11.5 Å². The topological polar surface area (TPSA) is 172 Å². The number of non-ortho nitro benzene ring substituents is 1. The first kappa shape index (κ1) is 30.3. The molecule has 13 heteroatoms. The Morgan fingerprint density at radius 1 is 0.976 bits per heavy atom. The Morgan fingerprint density at radius 3 is 2.41 bits per heavy atom. The van der Waals surface area contributed by atoms with Gasteiger partial charge in [0.2, 0.25) is 5.13 Å². The minimum Gasteiger partial charge on any atom is -0.381 e. The van der Waals surface area contributed by atoms with Crippen LogP contribution in [0.15, 0.2) is 52.8 Å². The van der Waals surface area contributed by atoms with E-state index < -0.39 is 0 Å². The number of nitrogens with two attached hydrogens (primary N) is 2. The number of hydrogen-bond donors (Lipinski definition) is 6. The SMILES string of the molecule is NC(N)=Nc1nc(-c2ccc(NCc3cc(CN4CCCNCCNCCCNCC4)cc([N+](=O)[O-])c3)cc2)cs1. The molecule has 0 radical (unpaired) electrons. The van der Waals surface area contributed by atoms with Crippen molar-refractivity contribution in [1.29, 1.82) is 0 Å². The Kier molecular flexibility index (Phi) is 11.8. The van der Waals surface area contributed by atoms with Gasteiger partial charge >= 0.3 is 0 Å². The highest BCUT2D eigenvalue weighted by molar-refractivity contribution is 7.13. The maximum atomic E-state index is 11.7. The van der Waals surface area contributed by atoms with Gasteiger partial charge < -0.3 is 32.7 Å². The van der Waals surface area contributed by atoms with E-state index in [9.17, 15) is 10.1 Å². The summed E-state index contributed by atoms with van der Waals surface area (Å²) in [4.78, 5) is 22.2. The van der Waals surface area contributed by atoms with Gasteiger partial charge in [-0.3, -0.25) is 15.0 Å². The summed E-state index contributed by atoms with van der Waals surface area (Å²) >= 11 is 1.37. The zero-order chi connectivity index (χ0) is 28.9. The van der Waals surface area contributed by atoms with Crippen LogP contribution in [0, 0.1) is 10.1 Å². The molecule has 0 aliphatic carbocycles. The van der Waals surface area contributed by atoms with E-state index >= 15 is 0 Å². The summed E-state index contributed by atoms with van der Waals surface area (Å²) in [5.41, 5.74) is 15.5. The zero-order valence-corrected chi connectivity index (χ0v) is 24.1. The predicted molar refractivity (Wildman–Crippen MR) is 167 cm³/mol. The van der Waals surface area contributed by atoms with E-state index in [1.54, 1.807) is 12.1 Å². The largest absolute Gasteiger partial charge is 0.381 e. The molecule has 0 amide bonds. The van der Waals surface area contributed by atoms with Crippen LogP contribution >= 0.6 is 11.3 Å². The number of nitrogens with zero attached hydrogens (tertiary/aromatic N) is 4. The van der Waals surface area contributed by atoms with Crippen molar-refractivity contribution >= 4 is 33.8 Å². The quantitative estimate of drug-likeness (QED) is 0.101. The van der Waals surface area contributed by atoms with Crippen LogP contribution in [0.4, 0.5) is 16.5 Å². The fraction of sp³-hybridized carbons (Fsp3) is 0.429. The van der Waals surface area contributed by atoms with Crippen LogP contribution in [0.2, 0.25) is 0 Å². The lowest BCUT2D eigenvalue weighted by atomic mass is 10.1. The molecule has 1 saturated heterocycles. The molecule has 3 aromatic rings. The number of anilines is 1. The maximum Gasteiger partial charge on any atom is 0.270 e. The number of benzene rings is 2. The van der Waals surface area contributed by atoms with E-state index in [1.165, 1.54) is 11.3 Å². The molecule has 1 aromatic heterocycles. The third kappa shape index (κ3) is 10.4. The highest BCUT2D eigenvalue weighted by Gasteiger charge is 2.13. The van der Waals surface area contributed by atoms with Gasteiger partial charge in [0.25, 0.3) is 5.69 Å². The molecular weight excluding hydrogens is 540 g/mol. The lowest BCUT2D eigenvalue weighted by Gasteiger charge is -2.23. The fourth-order valence-corrected chi connectivity index (χ4v) is 5.36. The van der Waals surface area contributed by atoms with Crippen LogP contribution in [0.5, 0.6) is 0 Å². The average molecular weight is 581 g/mol. The van der Waals surface area contributed by atoms with Gasteiger partial charge in [0.05, 0.1) is 10.6 Å². The van der Waals surface area contributed by atoms with Crippen molar-refractivity contribution in [3.63, 3.8) is 0 Å². The van der Waals surface area contributed by atoms with Gasteiger partial charge in [0, 0.05) is 68.0 Å². The number of rotatable bonds is 8. The molecule has 220 valence electrons. The summed E-state index contributed by atoms with van der Waals surface area (Å²) in [6.45, 7) is 8.73. The molecule has 2 heterocycles. The summed E-state index contributed by atoms with van der Waals surface area (Å²) in [6, 6.07) is 13.3. The number of thiazole rings is 1. The summed E-state index contributed by atoms with van der Waals surface area (Å²) in [7, 11) is 0. The van der Waals surface area contributed by atoms with E-state index in [2.05, 4.69) is 42.2 Å². The zero-order valence-electron chi connectivity index (χ0n) is 23.3. The van der Waals surface area contributed by atoms with Crippen LogP contribution in [0.1, 0.15) is 24.0 Å². The lowest BCUT2D eigenvalue weighted by molar-refractivity contribution is -0.385. The molecule has 0 saturated carbocycles. The molecule has 1 aliphatic rings. The Balaban J connectivity index is 1.39. The first-order valence-corrected chi connectivity index (χ1v) is 14.9.